The molecule has 1 amide bonds. The van der Waals surface area contributed by atoms with Gasteiger partial charge in [0.25, 0.3) is 0 Å². The predicted molar refractivity (Wildman–Crippen MR) is 79.1 cm³/mol. The summed E-state index contributed by atoms with van der Waals surface area (Å²) < 4.78 is 14.2. The molecule has 7 nitrogen and oxygen atoms in total. The molecule has 21 heavy (non-hydrogen) atoms. The maximum atomic E-state index is 11.7. The lowest BCUT2D eigenvalue weighted by atomic mass is 10.2. The molecule has 0 heterocycles. The van der Waals surface area contributed by atoms with E-state index in [2.05, 4.69) is 14.8 Å². The first-order valence-corrected chi connectivity index (χ1v) is 7.57. The SMILES string of the molecule is COC(=O)CCSC[C@H](NC(=O)OC(C)(C)C)C(=O)OC. The Morgan fingerprint density at radius 2 is 1.76 bits per heavy atom. The minimum Gasteiger partial charge on any atom is -0.469 e. The molecule has 0 aromatic heterocycles. The number of nitrogens with one attached hydrogen (secondary N) is 1. The number of thioether (sulfide) groups is 1. The van der Waals surface area contributed by atoms with Crippen LogP contribution >= 0.6 is 11.8 Å². The quantitative estimate of drug-likeness (QED) is 0.430. The van der Waals surface area contributed by atoms with E-state index in [1.165, 1.54) is 26.0 Å². The first-order chi connectivity index (χ1) is 9.69. The molecule has 0 aliphatic rings. The van der Waals surface area contributed by atoms with Gasteiger partial charge in [0.15, 0.2) is 0 Å². The van der Waals surface area contributed by atoms with Gasteiger partial charge in [-0.15, -0.1) is 0 Å². The first kappa shape index (κ1) is 19.6. The van der Waals surface area contributed by atoms with Crippen molar-refractivity contribution < 1.29 is 28.6 Å². The Labute approximate surface area is 129 Å². The number of esters is 2. The van der Waals surface area contributed by atoms with Crippen LogP contribution in [0.2, 0.25) is 0 Å². The Morgan fingerprint density at radius 3 is 2.24 bits per heavy atom. The van der Waals surface area contributed by atoms with E-state index in [1.807, 2.05) is 0 Å². The van der Waals surface area contributed by atoms with Crippen molar-refractivity contribution in [2.75, 3.05) is 25.7 Å². The largest absolute Gasteiger partial charge is 0.469 e. The summed E-state index contributed by atoms with van der Waals surface area (Å²) in [5.74, 6) is -0.123. The number of carbonyl (C=O) groups excluding carboxylic acids is 3. The number of ether oxygens (including phenoxy) is 3. The van der Waals surface area contributed by atoms with Crippen molar-refractivity contribution in [3.63, 3.8) is 0 Å². The molecular formula is C13H23NO6S. The van der Waals surface area contributed by atoms with Gasteiger partial charge in [0.05, 0.1) is 20.6 Å². The summed E-state index contributed by atoms with van der Waals surface area (Å²) in [6.07, 6.45) is -0.451. The summed E-state index contributed by atoms with van der Waals surface area (Å²) in [6.45, 7) is 5.18. The zero-order chi connectivity index (χ0) is 16.5. The monoisotopic (exact) mass is 321 g/mol. The molecular weight excluding hydrogens is 298 g/mol. The predicted octanol–water partition coefficient (Wildman–Crippen LogP) is 1.35. The van der Waals surface area contributed by atoms with Crippen molar-refractivity contribution in [2.24, 2.45) is 0 Å². The van der Waals surface area contributed by atoms with Gasteiger partial charge in [-0.3, -0.25) is 4.79 Å². The smallest absolute Gasteiger partial charge is 0.408 e. The number of alkyl carbamates (subject to hydrolysis) is 1. The van der Waals surface area contributed by atoms with Crippen molar-refractivity contribution in [3.8, 4) is 0 Å². The van der Waals surface area contributed by atoms with Crippen LogP contribution in [0, 0.1) is 0 Å². The second-order valence-electron chi connectivity index (χ2n) is 5.12. The summed E-state index contributed by atoms with van der Waals surface area (Å²) in [5.41, 5.74) is -0.650. The standard InChI is InChI=1S/C13H23NO6S/c1-13(2,3)20-12(17)14-9(11(16)19-5)8-21-7-6-10(15)18-4/h9H,6-8H2,1-5H3,(H,14,17)/t9-/m0/s1. The molecule has 0 saturated heterocycles. The Balaban J connectivity index is 4.30. The maximum Gasteiger partial charge on any atom is 0.408 e. The van der Waals surface area contributed by atoms with Crippen LogP contribution in [0.4, 0.5) is 4.79 Å². The molecule has 0 aliphatic carbocycles. The van der Waals surface area contributed by atoms with Gasteiger partial charge < -0.3 is 19.5 Å². The highest BCUT2D eigenvalue weighted by atomic mass is 32.2. The molecule has 0 bridgehead atoms. The second-order valence-corrected chi connectivity index (χ2v) is 6.27. The van der Waals surface area contributed by atoms with Crippen molar-refractivity contribution in [1.29, 1.82) is 0 Å². The molecule has 1 N–H and O–H groups in total. The van der Waals surface area contributed by atoms with E-state index in [1.54, 1.807) is 20.8 Å². The van der Waals surface area contributed by atoms with Crippen molar-refractivity contribution >= 4 is 29.8 Å². The molecule has 0 aliphatic heterocycles. The number of hydrogen-bond donors (Lipinski definition) is 1. The van der Waals surface area contributed by atoms with Crippen LogP contribution in [0.15, 0.2) is 0 Å². The summed E-state index contributed by atoms with van der Waals surface area (Å²) in [7, 11) is 2.56. The molecule has 0 spiro atoms. The number of amides is 1. The fraction of sp³-hybridized carbons (Fsp3) is 0.769. The minimum atomic E-state index is -0.826. The lowest BCUT2D eigenvalue weighted by Crippen LogP contribution is -2.45. The molecule has 0 radical (unpaired) electrons. The molecule has 8 heteroatoms. The maximum absolute atomic E-state index is 11.7. The fourth-order valence-corrected chi connectivity index (χ4v) is 2.15. The molecule has 1 atom stereocenters. The van der Waals surface area contributed by atoms with Crippen LogP contribution in [0.3, 0.4) is 0 Å². The summed E-state index contributed by atoms with van der Waals surface area (Å²) in [4.78, 5) is 34.2. The third-order valence-corrected chi connectivity index (χ3v) is 3.20. The van der Waals surface area contributed by atoms with E-state index in [4.69, 9.17) is 4.74 Å². The van der Waals surface area contributed by atoms with Crippen molar-refractivity contribution in [2.45, 2.75) is 38.8 Å². The molecule has 122 valence electrons. The second kappa shape index (κ2) is 9.49. The Kier molecular flexibility index (Phi) is 8.84. The molecule has 0 unspecified atom stereocenters. The summed E-state index contributed by atoms with van der Waals surface area (Å²) in [5, 5.41) is 2.45. The summed E-state index contributed by atoms with van der Waals surface area (Å²) in [6, 6.07) is -0.826. The average Bonchev–Trinajstić information content (AvgIpc) is 2.38. The van der Waals surface area contributed by atoms with Gasteiger partial charge in [0.2, 0.25) is 0 Å². The van der Waals surface area contributed by atoms with Crippen LogP contribution in [0.25, 0.3) is 0 Å². The van der Waals surface area contributed by atoms with Crippen molar-refractivity contribution in [3.05, 3.63) is 0 Å². The van der Waals surface area contributed by atoms with Gasteiger partial charge in [-0.25, -0.2) is 9.59 Å². The van der Waals surface area contributed by atoms with E-state index in [0.29, 0.717) is 5.75 Å². The molecule has 0 saturated carbocycles. The van der Waals surface area contributed by atoms with Crippen LogP contribution < -0.4 is 5.32 Å². The third kappa shape index (κ3) is 10.0. The van der Waals surface area contributed by atoms with Crippen LogP contribution in [0.5, 0.6) is 0 Å². The summed E-state index contributed by atoms with van der Waals surface area (Å²) >= 11 is 1.34. The van der Waals surface area contributed by atoms with E-state index < -0.39 is 23.7 Å². The topological polar surface area (TPSA) is 90.9 Å². The highest BCUT2D eigenvalue weighted by Crippen LogP contribution is 2.10. The number of rotatable bonds is 7. The molecule has 0 rings (SSSR count). The van der Waals surface area contributed by atoms with E-state index in [-0.39, 0.29) is 18.1 Å². The third-order valence-electron chi connectivity index (χ3n) is 2.14. The normalized spacial score (nSPS) is 12.2. The number of carbonyl (C=O) groups is 3. The van der Waals surface area contributed by atoms with Gasteiger partial charge in [-0.1, -0.05) is 0 Å². The van der Waals surface area contributed by atoms with Crippen molar-refractivity contribution in [1.82, 2.24) is 5.32 Å². The Hall–Kier alpha value is -1.44. The fourth-order valence-electron chi connectivity index (χ4n) is 1.22. The number of hydrogen-bond acceptors (Lipinski definition) is 7. The van der Waals surface area contributed by atoms with E-state index in [0.717, 1.165) is 0 Å². The Morgan fingerprint density at radius 1 is 1.14 bits per heavy atom. The first-order valence-electron chi connectivity index (χ1n) is 6.41. The van der Waals surface area contributed by atoms with Gasteiger partial charge in [0, 0.05) is 11.5 Å². The molecule has 0 aromatic carbocycles. The van der Waals surface area contributed by atoms with E-state index >= 15 is 0 Å². The van der Waals surface area contributed by atoms with Crippen LogP contribution in [-0.2, 0) is 23.8 Å². The Bertz CT molecular complexity index is 366. The molecule has 0 fully saturated rings. The highest BCUT2D eigenvalue weighted by Gasteiger charge is 2.24. The zero-order valence-corrected chi connectivity index (χ0v) is 13.9. The zero-order valence-electron chi connectivity index (χ0n) is 13.1. The minimum absolute atomic E-state index is 0.238. The van der Waals surface area contributed by atoms with Gasteiger partial charge >= 0.3 is 18.0 Å². The van der Waals surface area contributed by atoms with Gasteiger partial charge in [-0.2, -0.15) is 11.8 Å². The van der Waals surface area contributed by atoms with Crippen LogP contribution in [0.1, 0.15) is 27.2 Å². The van der Waals surface area contributed by atoms with Gasteiger partial charge in [0.1, 0.15) is 11.6 Å². The average molecular weight is 321 g/mol. The lowest BCUT2D eigenvalue weighted by molar-refractivity contribution is -0.142. The van der Waals surface area contributed by atoms with Gasteiger partial charge in [-0.05, 0) is 20.8 Å². The van der Waals surface area contributed by atoms with Crippen LogP contribution in [-0.4, -0.2) is 55.4 Å². The molecule has 0 aromatic rings. The lowest BCUT2D eigenvalue weighted by Gasteiger charge is -2.22. The highest BCUT2D eigenvalue weighted by molar-refractivity contribution is 7.99. The number of methoxy groups -OCH3 is 2. The van der Waals surface area contributed by atoms with E-state index in [9.17, 15) is 14.4 Å².